The van der Waals surface area contributed by atoms with Gasteiger partial charge in [-0.3, -0.25) is 4.79 Å². The van der Waals surface area contributed by atoms with Crippen molar-refractivity contribution in [3.63, 3.8) is 0 Å². The number of rotatable bonds is 3. The Labute approximate surface area is 110 Å². The molecule has 2 saturated carbocycles. The summed E-state index contributed by atoms with van der Waals surface area (Å²) in [5.74, 6) is -0.594. The highest BCUT2D eigenvalue weighted by Crippen LogP contribution is 2.52. The van der Waals surface area contributed by atoms with Gasteiger partial charge < -0.3 is 9.84 Å². The van der Waals surface area contributed by atoms with Crippen molar-refractivity contribution in [3.8, 4) is 0 Å². The monoisotopic (exact) mass is 254 g/mol. The molecular formula is C15H26O3. The molecule has 3 heteroatoms. The van der Waals surface area contributed by atoms with Crippen LogP contribution in [0.1, 0.15) is 64.7 Å². The van der Waals surface area contributed by atoms with Gasteiger partial charge in [-0.2, -0.15) is 0 Å². The molecule has 3 nitrogen and oxygen atoms in total. The van der Waals surface area contributed by atoms with E-state index in [9.17, 15) is 9.90 Å². The molecule has 0 aliphatic heterocycles. The van der Waals surface area contributed by atoms with Gasteiger partial charge in [-0.25, -0.2) is 0 Å². The molecule has 1 unspecified atom stereocenters. The van der Waals surface area contributed by atoms with Crippen LogP contribution in [0, 0.1) is 11.3 Å². The molecule has 2 fully saturated rings. The lowest BCUT2D eigenvalue weighted by Gasteiger charge is -2.44. The summed E-state index contributed by atoms with van der Waals surface area (Å²) in [7, 11) is 1.41. The topological polar surface area (TPSA) is 46.5 Å². The lowest BCUT2D eigenvalue weighted by Crippen LogP contribution is -2.47. The molecule has 1 N–H and O–H groups in total. The van der Waals surface area contributed by atoms with Crippen LogP contribution in [-0.4, -0.2) is 23.8 Å². The summed E-state index contributed by atoms with van der Waals surface area (Å²) in [5, 5.41) is 10.8. The predicted molar refractivity (Wildman–Crippen MR) is 70.1 cm³/mol. The van der Waals surface area contributed by atoms with Crippen LogP contribution < -0.4 is 0 Å². The molecule has 0 bridgehead atoms. The number of esters is 1. The van der Waals surface area contributed by atoms with Gasteiger partial charge in [0.1, 0.15) is 0 Å². The Bertz CT molecular complexity index is 295. The van der Waals surface area contributed by atoms with Gasteiger partial charge in [0, 0.05) is 0 Å². The van der Waals surface area contributed by atoms with Gasteiger partial charge in [-0.1, -0.05) is 19.8 Å². The molecule has 0 amide bonds. The van der Waals surface area contributed by atoms with Crippen molar-refractivity contribution in [1.82, 2.24) is 0 Å². The van der Waals surface area contributed by atoms with Crippen molar-refractivity contribution in [2.24, 2.45) is 11.3 Å². The molecule has 0 radical (unpaired) electrons. The fraction of sp³-hybridized carbons (Fsp3) is 0.933. The van der Waals surface area contributed by atoms with E-state index >= 15 is 0 Å². The zero-order valence-corrected chi connectivity index (χ0v) is 11.7. The van der Waals surface area contributed by atoms with E-state index in [0.717, 1.165) is 25.7 Å². The van der Waals surface area contributed by atoms with Crippen molar-refractivity contribution < 1.29 is 14.6 Å². The standard InChI is InChI=1S/C15H26O3/c1-3-12(13(16)18-2)15(17)10-8-14(9-11-15)6-4-5-7-14/h12,17H,3-11H2,1-2H3. The van der Waals surface area contributed by atoms with Crippen LogP contribution in [-0.2, 0) is 9.53 Å². The Balaban J connectivity index is 2.03. The van der Waals surface area contributed by atoms with Crippen molar-refractivity contribution >= 4 is 5.97 Å². The highest BCUT2D eigenvalue weighted by Gasteiger charge is 2.48. The summed E-state index contributed by atoms with van der Waals surface area (Å²) >= 11 is 0. The van der Waals surface area contributed by atoms with Crippen molar-refractivity contribution in [2.75, 3.05) is 7.11 Å². The zero-order chi connectivity index (χ0) is 13.2. The Morgan fingerprint density at radius 3 is 2.17 bits per heavy atom. The third-order valence-corrected chi connectivity index (χ3v) is 5.38. The Kier molecular flexibility index (Phi) is 4.00. The number of ether oxygens (including phenoxy) is 1. The number of aliphatic hydroxyl groups is 1. The molecular weight excluding hydrogens is 228 g/mol. The van der Waals surface area contributed by atoms with E-state index in [-0.39, 0.29) is 11.9 Å². The Hall–Kier alpha value is -0.570. The highest BCUT2D eigenvalue weighted by atomic mass is 16.5. The third kappa shape index (κ3) is 2.42. The van der Waals surface area contributed by atoms with E-state index in [1.807, 2.05) is 6.92 Å². The molecule has 2 aliphatic rings. The van der Waals surface area contributed by atoms with Gasteiger partial charge in [0.05, 0.1) is 18.6 Å². The van der Waals surface area contributed by atoms with Crippen LogP contribution in [0.2, 0.25) is 0 Å². The lowest BCUT2D eigenvalue weighted by atomic mass is 9.64. The minimum Gasteiger partial charge on any atom is -0.469 e. The SMILES string of the molecule is CCC(C(=O)OC)C1(O)CCC2(CCCC2)CC1. The molecule has 0 heterocycles. The largest absolute Gasteiger partial charge is 0.469 e. The summed E-state index contributed by atoms with van der Waals surface area (Å²) in [5.41, 5.74) is -0.337. The molecule has 104 valence electrons. The first-order valence-electron chi connectivity index (χ1n) is 7.35. The van der Waals surface area contributed by atoms with Gasteiger partial charge in [-0.15, -0.1) is 0 Å². The smallest absolute Gasteiger partial charge is 0.311 e. The third-order valence-electron chi connectivity index (χ3n) is 5.38. The molecule has 0 aromatic heterocycles. The van der Waals surface area contributed by atoms with E-state index in [0.29, 0.717) is 11.8 Å². The second-order valence-electron chi connectivity index (χ2n) is 6.29. The maximum absolute atomic E-state index is 11.8. The summed E-state index contributed by atoms with van der Waals surface area (Å²) in [4.78, 5) is 11.8. The van der Waals surface area contributed by atoms with Crippen LogP contribution >= 0.6 is 0 Å². The van der Waals surface area contributed by atoms with Crippen LogP contribution in [0.25, 0.3) is 0 Å². The summed E-state index contributed by atoms with van der Waals surface area (Å²) in [6, 6.07) is 0. The van der Waals surface area contributed by atoms with Gasteiger partial charge in [-0.05, 0) is 50.4 Å². The first kappa shape index (κ1) is 13.9. The molecule has 0 saturated heterocycles. The number of methoxy groups -OCH3 is 1. The summed E-state index contributed by atoms with van der Waals surface area (Å²) < 4.78 is 4.84. The van der Waals surface area contributed by atoms with Crippen LogP contribution in [0.15, 0.2) is 0 Å². The summed E-state index contributed by atoms with van der Waals surface area (Å²) in [6.45, 7) is 1.96. The molecule has 18 heavy (non-hydrogen) atoms. The van der Waals surface area contributed by atoms with E-state index in [4.69, 9.17) is 4.74 Å². The first-order chi connectivity index (χ1) is 8.55. The van der Waals surface area contributed by atoms with Gasteiger partial charge in [0.25, 0.3) is 0 Å². The number of hydrogen-bond acceptors (Lipinski definition) is 3. The maximum atomic E-state index is 11.8. The molecule has 0 aromatic rings. The highest BCUT2D eigenvalue weighted by molar-refractivity contribution is 5.73. The minimum absolute atomic E-state index is 0.248. The minimum atomic E-state index is -0.824. The van der Waals surface area contributed by atoms with Crippen molar-refractivity contribution in [2.45, 2.75) is 70.3 Å². The van der Waals surface area contributed by atoms with Crippen LogP contribution in [0.4, 0.5) is 0 Å². The fourth-order valence-corrected chi connectivity index (χ4v) is 4.09. The molecule has 1 atom stereocenters. The molecule has 1 spiro atoms. The first-order valence-corrected chi connectivity index (χ1v) is 7.35. The second kappa shape index (κ2) is 5.20. The van der Waals surface area contributed by atoms with Crippen molar-refractivity contribution in [1.29, 1.82) is 0 Å². The predicted octanol–water partition coefficient (Wildman–Crippen LogP) is 3.05. The number of hydrogen-bond donors (Lipinski definition) is 1. The lowest BCUT2D eigenvalue weighted by molar-refractivity contribution is -0.161. The number of carbonyl (C=O) groups is 1. The average molecular weight is 254 g/mol. The normalized spacial score (nSPS) is 27.1. The average Bonchev–Trinajstić information content (AvgIpc) is 2.83. The molecule has 2 aliphatic carbocycles. The van der Waals surface area contributed by atoms with Gasteiger partial charge in [0.2, 0.25) is 0 Å². The Morgan fingerprint density at radius 2 is 1.72 bits per heavy atom. The van der Waals surface area contributed by atoms with E-state index in [2.05, 4.69) is 0 Å². The number of carbonyl (C=O) groups excluding carboxylic acids is 1. The van der Waals surface area contributed by atoms with Gasteiger partial charge in [0.15, 0.2) is 0 Å². The van der Waals surface area contributed by atoms with E-state index in [1.165, 1.54) is 32.8 Å². The second-order valence-corrected chi connectivity index (χ2v) is 6.29. The maximum Gasteiger partial charge on any atom is 0.311 e. The quantitative estimate of drug-likeness (QED) is 0.787. The van der Waals surface area contributed by atoms with E-state index < -0.39 is 5.60 Å². The van der Waals surface area contributed by atoms with Gasteiger partial charge >= 0.3 is 5.97 Å². The van der Waals surface area contributed by atoms with Crippen LogP contribution in [0.5, 0.6) is 0 Å². The fourth-order valence-electron chi connectivity index (χ4n) is 4.09. The van der Waals surface area contributed by atoms with Crippen LogP contribution in [0.3, 0.4) is 0 Å². The Morgan fingerprint density at radius 1 is 1.17 bits per heavy atom. The van der Waals surface area contributed by atoms with Crippen molar-refractivity contribution in [3.05, 3.63) is 0 Å². The zero-order valence-electron chi connectivity index (χ0n) is 11.7. The molecule has 0 aromatic carbocycles. The van der Waals surface area contributed by atoms with E-state index in [1.54, 1.807) is 0 Å². The molecule has 2 rings (SSSR count). The summed E-state index contributed by atoms with van der Waals surface area (Å²) in [6.07, 6.45) is 9.67.